The van der Waals surface area contributed by atoms with Crippen molar-refractivity contribution in [3.8, 4) is 5.75 Å². The van der Waals surface area contributed by atoms with Crippen LogP contribution in [0.15, 0.2) is 72.8 Å². The normalized spacial score (nSPS) is 12.1. The van der Waals surface area contributed by atoms with E-state index in [9.17, 15) is 14.9 Å². The molecule has 0 fully saturated rings. The van der Waals surface area contributed by atoms with Crippen LogP contribution < -0.4 is 10.1 Å². The number of anilines is 1. The Morgan fingerprint density at radius 1 is 1.00 bits per heavy atom. The molecule has 6 heteroatoms. The van der Waals surface area contributed by atoms with Gasteiger partial charge in [-0.3, -0.25) is 14.9 Å². The van der Waals surface area contributed by atoms with Crippen LogP contribution in [0, 0.1) is 17.0 Å². The van der Waals surface area contributed by atoms with Crippen LogP contribution in [0.2, 0.25) is 0 Å². The fourth-order valence-electron chi connectivity index (χ4n) is 3.37. The zero-order valence-corrected chi connectivity index (χ0v) is 18.1. The number of non-ortho nitro benzene ring substituents is 1. The maximum atomic E-state index is 12.5. The van der Waals surface area contributed by atoms with Gasteiger partial charge in [0.25, 0.3) is 11.6 Å². The van der Waals surface area contributed by atoms with Gasteiger partial charge in [-0.1, -0.05) is 56.3 Å². The second kappa shape index (κ2) is 9.00. The molecule has 1 unspecified atom stereocenters. The maximum Gasteiger partial charge on any atom is 0.269 e. The summed E-state index contributed by atoms with van der Waals surface area (Å²) < 4.78 is 5.80. The molecule has 31 heavy (non-hydrogen) atoms. The smallest absolute Gasteiger partial charge is 0.269 e. The Morgan fingerprint density at radius 2 is 1.61 bits per heavy atom. The van der Waals surface area contributed by atoms with Crippen molar-refractivity contribution in [3.63, 3.8) is 0 Å². The lowest BCUT2D eigenvalue weighted by molar-refractivity contribution is -0.384. The van der Waals surface area contributed by atoms with Gasteiger partial charge in [0.15, 0.2) is 6.10 Å². The van der Waals surface area contributed by atoms with E-state index in [1.807, 2.05) is 42.5 Å². The van der Waals surface area contributed by atoms with E-state index in [-0.39, 0.29) is 17.0 Å². The summed E-state index contributed by atoms with van der Waals surface area (Å²) in [5.41, 5.74) is 3.32. The van der Waals surface area contributed by atoms with Crippen LogP contribution in [0.25, 0.3) is 0 Å². The average Bonchev–Trinajstić information content (AvgIpc) is 2.76. The van der Waals surface area contributed by atoms with Crippen molar-refractivity contribution < 1.29 is 14.5 Å². The topological polar surface area (TPSA) is 81.5 Å². The van der Waals surface area contributed by atoms with Gasteiger partial charge in [0.2, 0.25) is 0 Å². The summed E-state index contributed by atoms with van der Waals surface area (Å²) in [6, 6.07) is 22.3. The van der Waals surface area contributed by atoms with Gasteiger partial charge in [-0.15, -0.1) is 0 Å². The number of rotatable bonds is 7. The summed E-state index contributed by atoms with van der Waals surface area (Å²) in [5.74, 6) is 0.265. The summed E-state index contributed by atoms with van der Waals surface area (Å²) in [6.07, 6.45) is -0.734. The first-order chi connectivity index (χ1) is 14.7. The number of nitro benzene ring substituents is 1. The van der Waals surface area contributed by atoms with E-state index in [0.717, 1.165) is 5.56 Å². The fourth-order valence-corrected chi connectivity index (χ4v) is 3.37. The molecule has 160 valence electrons. The van der Waals surface area contributed by atoms with Crippen molar-refractivity contribution in [1.29, 1.82) is 0 Å². The fraction of sp³-hybridized carbons (Fsp3) is 0.240. The number of ether oxygens (including phenoxy) is 1. The van der Waals surface area contributed by atoms with Gasteiger partial charge in [-0.05, 0) is 48.7 Å². The summed E-state index contributed by atoms with van der Waals surface area (Å²) in [6.45, 7) is 7.71. The van der Waals surface area contributed by atoms with Crippen molar-refractivity contribution >= 4 is 17.3 Å². The van der Waals surface area contributed by atoms with Gasteiger partial charge in [0.05, 0.1) is 4.92 Å². The largest absolute Gasteiger partial charge is 0.481 e. The zero-order valence-electron chi connectivity index (χ0n) is 18.1. The Balaban J connectivity index is 1.66. The minimum atomic E-state index is -0.734. The lowest BCUT2D eigenvalue weighted by Gasteiger charge is -2.26. The summed E-state index contributed by atoms with van der Waals surface area (Å²) in [4.78, 5) is 22.9. The highest BCUT2D eigenvalue weighted by molar-refractivity contribution is 5.94. The molecule has 0 saturated carbocycles. The quantitative estimate of drug-likeness (QED) is 0.398. The van der Waals surface area contributed by atoms with Gasteiger partial charge >= 0.3 is 0 Å². The lowest BCUT2D eigenvalue weighted by atomic mass is 9.78. The molecule has 1 amide bonds. The van der Waals surface area contributed by atoms with Crippen LogP contribution in [0.5, 0.6) is 5.75 Å². The van der Waals surface area contributed by atoms with Crippen LogP contribution in [-0.2, 0) is 10.2 Å². The van der Waals surface area contributed by atoms with Gasteiger partial charge in [-0.2, -0.15) is 0 Å². The lowest BCUT2D eigenvalue weighted by Crippen LogP contribution is -2.30. The number of carbonyl (C=O) groups is 1. The highest BCUT2D eigenvalue weighted by Gasteiger charge is 2.23. The molecule has 6 nitrogen and oxygen atoms in total. The molecule has 0 heterocycles. The maximum absolute atomic E-state index is 12.5. The molecule has 0 spiro atoms. The standard InChI is InChI=1S/C25H26N2O4/c1-17-16-21(27(29)30)12-15-23(17)26-24(28)18(2)31-22-13-10-20(11-14-22)25(3,4)19-8-6-5-7-9-19/h5-16,18H,1-4H3,(H,26,28). The first-order valence-electron chi connectivity index (χ1n) is 10.1. The second-order valence-corrected chi connectivity index (χ2v) is 8.02. The Kier molecular flexibility index (Phi) is 6.39. The molecule has 1 atom stereocenters. The number of nitrogens with zero attached hydrogens (tertiary/aromatic N) is 1. The molecule has 0 aliphatic heterocycles. The number of hydrogen-bond donors (Lipinski definition) is 1. The molecule has 0 aliphatic carbocycles. The molecule has 0 saturated heterocycles. The molecular weight excluding hydrogens is 392 g/mol. The van der Waals surface area contributed by atoms with Crippen LogP contribution in [0.1, 0.15) is 37.5 Å². The summed E-state index contributed by atoms with van der Waals surface area (Å²) in [5, 5.41) is 13.6. The van der Waals surface area contributed by atoms with E-state index >= 15 is 0 Å². The minimum absolute atomic E-state index is 0.0154. The first-order valence-corrected chi connectivity index (χ1v) is 10.1. The van der Waals surface area contributed by atoms with Gasteiger partial charge in [0.1, 0.15) is 5.75 Å². The molecule has 3 rings (SSSR count). The number of benzene rings is 3. The molecule has 3 aromatic carbocycles. The van der Waals surface area contributed by atoms with E-state index in [1.165, 1.54) is 23.8 Å². The number of aryl methyl sites for hydroxylation is 1. The van der Waals surface area contributed by atoms with E-state index in [2.05, 4.69) is 31.3 Å². The van der Waals surface area contributed by atoms with Crippen molar-refractivity contribution in [2.24, 2.45) is 0 Å². The van der Waals surface area contributed by atoms with Crippen LogP contribution in [-0.4, -0.2) is 16.9 Å². The predicted molar refractivity (Wildman–Crippen MR) is 122 cm³/mol. The molecular formula is C25H26N2O4. The van der Waals surface area contributed by atoms with E-state index in [4.69, 9.17) is 4.74 Å². The molecule has 0 aromatic heterocycles. The van der Waals surface area contributed by atoms with Gasteiger partial charge in [0, 0.05) is 23.2 Å². The van der Waals surface area contributed by atoms with E-state index < -0.39 is 11.0 Å². The third-order valence-electron chi connectivity index (χ3n) is 5.43. The highest BCUT2D eigenvalue weighted by atomic mass is 16.6. The second-order valence-electron chi connectivity index (χ2n) is 8.02. The Hall–Kier alpha value is -3.67. The third-order valence-corrected chi connectivity index (χ3v) is 5.43. The van der Waals surface area contributed by atoms with Crippen molar-refractivity contribution in [2.45, 2.75) is 39.2 Å². The Labute approximate surface area is 182 Å². The van der Waals surface area contributed by atoms with Crippen molar-refractivity contribution in [2.75, 3.05) is 5.32 Å². The Morgan fingerprint density at radius 3 is 2.19 bits per heavy atom. The molecule has 1 N–H and O–H groups in total. The number of nitro groups is 1. The molecule has 3 aromatic rings. The summed E-state index contributed by atoms with van der Waals surface area (Å²) >= 11 is 0. The molecule has 0 radical (unpaired) electrons. The SMILES string of the molecule is Cc1cc([N+](=O)[O-])ccc1NC(=O)C(C)Oc1ccc(C(C)(C)c2ccccc2)cc1. The van der Waals surface area contributed by atoms with E-state index in [0.29, 0.717) is 17.0 Å². The van der Waals surface area contributed by atoms with Crippen molar-refractivity contribution in [3.05, 3.63) is 99.6 Å². The molecule has 0 aliphatic rings. The number of hydrogen-bond acceptors (Lipinski definition) is 4. The van der Waals surface area contributed by atoms with Crippen LogP contribution >= 0.6 is 0 Å². The number of nitrogens with one attached hydrogen (secondary N) is 1. The number of amides is 1. The monoisotopic (exact) mass is 418 g/mol. The third kappa shape index (κ3) is 5.09. The first kappa shape index (κ1) is 22.0. The van der Waals surface area contributed by atoms with Crippen molar-refractivity contribution in [1.82, 2.24) is 0 Å². The van der Waals surface area contributed by atoms with Crippen LogP contribution in [0.3, 0.4) is 0 Å². The van der Waals surface area contributed by atoms with Crippen LogP contribution in [0.4, 0.5) is 11.4 Å². The van der Waals surface area contributed by atoms with E-state index in [1.54, 1.807) is 13.8 Å². The summed E-state index contributed by atoms with van der Waals surface area (Å²) in [7, 11) is 0. The Bertz CT molecular complexity index is 1080. The predicted octanol–water partition coefficient (Wildman–Crippen LogP) is 5.64. The zero-order chi connectivity index (χ0) is 22.6. The highest BCUT2D eigenvalue weighted by Crippen LogP contribution is 2.32. The average molecular weight is 418 g/mol. The minimum Gasteiger partial charge on any atom is -0.481 e. The van der Waals surface area contributed by atoms with Gasteiger partial charge in [-0.25, -0.2) is 0 Å². The number of carbonyl (C=O) groups excluding carboxylic acids is 1. The molecule has 0 bridgehead atoms. The van der Waals surface area contributed by atoms with Gasteiger partial charge < -0.3 is 10.1 Å².